The highest BCUT2D eigenvalue weighted by Gasteiger charge is 2.25. The summed E-state index contributed by atoms with van der Waals surface area (Å²) in [6.07, 6.45) is 1.44. The van der Waals surface area contributed by atoms with Crippen molar-refractivity contribution in [2.45, 2.75) is 6.54 Å². The average molecular weight is 583 g/mol. The van der Waals surface area contributed by atoms with Crippen molar-refractivity contribution in [2.75, 3.05) is 39.8 Å². The summed E-state index contributed by atoms with van der Waals surface area (Å²) in [6, 6.07) is 18.4. The molecule has 208 valence electrons. The van der Waals surface area contributed by atoms with Gasteiger partial charge in [-0.05, 0) is 35.9 Å². The van der Waals surface area contributed by atoms with E-state index in [1.807, 2.05) is 48.5 Å². The second kappa shape index (κ2) is 13.7. The van der Waals surface area contributed by atoms with Crippen LogP contribution in [0.3, 0.4) is 0 Å². The van der Waals surface area contributed by atoms with E-state index in [-0.39, 0.29) is 41.1 Å². The van der Waals surface area contributed by atoms with Crippen molar-refractivity contribution in [3.8, 4) is 34.3 Å². The van der Waals surface area contributed by atoms with Crippen LogP contribution in [-0.2, 0) is 6.54 Å². The Hall–Kier alpha value is -4.21. The van der Waals surface area contributed by atoms with Crippen LogP contribution in [0.4, 0.5) is 5.95 Å². The summed E-state index contributed by atoms with van der Waals surface area (Å²) < 4.78 is 22.2. The van der Waals surface area contributed by atoms with Crippen molar-refractivity contribution >= 4 is 35.1 Å². The van der Waals surface area contributed by atoms with Gasteiger partial charge in [-0.15, -0.1) is 0 Å². The Kier molecular flexibility index (Phi) is 9.88. The van der Waals surface area contributed by atoms with E-state index in [9.17, 15) is 4.79 Å². The Morgan fingerprint density at radius 3 is 2.40 bits per heavy atom. The Morgan fingerprint density at radius 1 is 0.925 bits per heavy atom. The number of anilines is 1. The van der Waals surface area contributed by atoms with Crippen molar-refractivity contribution in [3.05, 3.63) is 88.0 Å². The Morgan fingerprint density at radius 2 is 1.70 bits per heavy atom. The van der Waals surface area contributed by atoms with Crippen molar-refractivity contribution < 1.29 is 23.7 Å². The summed E-state index contributed by atoms with van der Waals surface area (Å²) in [5, 5.41) is 6.84. The van der Waals surface area contributed by atoms with Gasteiger partial charge in [0.15, 0.2) is 11.5 Å². The molecule has 1 heterocycles. The van der Waals surface area contributed by atoms with Crippen LogP contribution in [0.2, 0.25) is 10.0 Å². The second-order valence-corrected chi connectivity index (χ2v) is 9.18. The molecular formula is C29H28Cl2N4O5. The van der Waals surface area contributed by atoms with E-state index in [1.54, 1.807) is 12.1 Å². The van der Waals surface area contributed by atoms with Crippen LogP contribution in [0.5, 0.6) is 23.0 Å². The van der Waals surface area contributed by atoms with Gasteiger partial charge in [0.2, 0.25) is 11.7 Å². The van der Waals surface area contributed by atoms with E-state index in [0.29, 0.717) is 34.4 Å². The second-order valence-electron chi connectivity index (χ2n) is 8.36. The molecule has 0 atom stereocenters. The molecular weight excluding hydrogens is 555 g/mol. The van der Waals surface area contributed by atoms with Crippen LogP contribution < -0.4 is 29.6 Å². The minimum Gasteiger partial charge on any atom is -0.493 e. The number of ether oxygens (including phenoxy) is 4. The third-order valence-corrected chi connectivity index (χ3v) is 6.41. The Balaban J connectivity index is 1.66. The summed E-state index contributed by atoms with van der Waals surface area (Å²) in [5.41, 5.74) is 1.80. The number of benzene rings is 3. The molecule has 0 aliphatic carbocycles. The predicted octanol–water partition coefficient (Wildman–Crippen LogP) is 5.90. The average Bonchev–Trinajstić information content (AvgIpc) is 2.98. The van der Waals surface area contributed by atoms with E-state index in [2.05, 4.69) is 20.6 Å². The van der Waals surface area contributed by atoms with E-state index in [0.717, 1.165) is 5.56 Å². The van der Waals surface area contributed by atoms with Crippen LogP contribution in [0, 0.1) is 0 Å². The zero-order chi connectivity index (χ0) is 28.5. The molecule has 0 spiro atoms. The van der Waals surface area contributed by atoms with E-state index in [1.165, 1.54) is 27.5 Å². The zero-order valence-electron chi connectivity index (χ0n) is 22.2. The molecule has 0 saturated carbocycles. The monoisotopic (exact) mass is 582 g/mol. The fourth-order valence-electron chi connectivity index (χ4n) is 3.91. The maximum absolute atomic E-state index is 13.3. The molecule has 1 aromatic heterocycles. The first kappa shape index (κ1) is 28.8. The van der Waals surface area contributed by atoms with Gasteiger partial charge >= 0.3 is 0 Å². The molecule has 9 nitrogen and oxygen atoms in total. The Bertz CT molecular complexity index is 1470. The lowest BCUT2D eigenvalue weighted by atomic mass is 10.0. The molecule has 1 amide bonds. The van der Waals surface area contributed by atoms with Gasteiger partial charge in [0.05, 0.1) is 44.2 Å². The van der Waals surface area contributed by atoms with Gasteiger partial charge in [0.25, 0.3) is 5.91 Å². The van der Waals surface area contributed by atoms with Gasteiger partial charge in [-0.3, -0.25) is 4.79 Å². The maximum Gasteiger partial charge on any atom is 0.255 e. The fourth-order valence-corrected chi connectivity index (χ4v) is 4.43. The van der Waals surface area contributed by atoms with Gasteiger partial charge in [0, 0.05) is 23.3 Å². The van der Waals surface area contributed by atoms with Crippen LogP contribution >= 0.6 is 23.2 Å². The van der Waals surface area contributed by atoms with Gasteiger partial charge < -0.3 is 29.6 Å². The lowest BCUT2D eigenvalue weighted by Gasteiger charge is -2.18. The number of rotatable bonds is 12. The first-order valence-corrected chi connectivity index (χ1v) is 13.0. The maximum atomic E-state index is 13.3. The minimum absolute atomic E-state index is 0.195. The molecule has 0 saturated heterocycles. The lowest BCUT2D eigenvalue weighted by molar-refractivity contribution is 0.0947. The van der Waals surface area contributed by atoms with Crippen LogP contribution in [0.15, 0.2) is 66.9 Å². The smallest absolute Gasteiger partial charge is 0.255 e. The molecule has 11 heteroatoms. The van der Waals surface area contributed by atoms with Crippen molar-refractivity contribution in [1.29, 1.82) is 0 Å². The Labute approximate surface area is 242 Å². The number of carbonyl (C=O) groups is 1. The molecule has 0 bridgehead atoms. The summed E-state index contributed by atoms with van der Waals surface area (Å²) in [5.74, 6) is 1.50. The first-order chi connectivity index (χ1) is 19.4. The largest absolute Gasteiger partial charge is 0.493 e. The van der Waals surface area contributed by atoms with Crippen LogP contribution in [0.25, 0.3) is 11.3 Å². The highest BCUT2D eigenvalue weighted by Crippen LogP contribution is 2.48. The lowest BCUT2D eigenvalue weighted by Crippen LogP contribution is -2.29. The summed E-state index contributed by atoms with van der Waals surface area (Å²) in [6.45, 7) is 0.937. The fraction of sp³-hybridized carbons (Fsp3) is 0.207. The van der Waals surface area contributed by atoms with Gasteiger partial charge in [-0.2, -0.15) is 0 Å². The number of nitrogens with zero attached hydrogens (tertiary/aromatic N) is 2. The molecule has 2 N–H and O–H groups in total. The van der Waals surface area contributed by atoms with E-state index >= 15 is 0 Å². The number of nitrogens with one attached hydrogen (secondary N) is 2. The first-order valence-electron chi connectivity index (χ1n) is 12.2. The van der Waals surface area contributed by atoms with Crippen molar-refractivity contribution in [2.24, 2.45) is 0 Å². The SMILES string of the molecule is COc1cc(-c2nc(NCc3cccc(Cl)c3)ncc2C(=O)NCCOc2ccccc2)c(Cl)c(OC)c1OC. The number of para-hydroxylation sites is 1. The minimum atomic E-state index is -0.405. The van der Waals surface area contributed by atoms with Gasteiger partial charge in [-0.25, -0.2) is 9.97 Å². The van der Waals surface area contributed by atoms with Gasteiger partial charge in [0.1, 0.15) is 12.4 Å². The third kappa shape index (κ3) is 6.86. The standard InChI is InChI=1S/C29H28Cl2N4O5/c1-37-23-15-21(24(31)27(39-3)26(23)38-2)25-22(28(36)32-12-13-40-20-10-5-4-6-11-20)17-34-29(35-25)33-16-18-8-7-9-19(30)14-18/h4-11,14-15,17H,12-13,16H2,1-3H3,(H,32,36)(H,33,34,35). The number of methoxy groups -OCH3 is 3. The summed E-state index contributed by atoms with van der Waals surface area (Å²) in [7, 11) is 4.44. The molecule has 0 aliphatic heterocycles. The number of hydrogen-bond acceptors (Lipinski definition) is 8. The van der Waals surface area contributed by atoms with Crippen molar-refractivity contribution in [3.63, 3.8) is 0 Å². The van der Waals surface area contributed by atoms with E-state index < -0.39 is 5.91 Å². The molecule has 4 aromatic rings. The number of carbonyl (C=O) groups excluding carboxylic acids is 1. The molecule has 0 radical (unpaired) electrons. The number of aromatic nitrogens is 2. The highest BCUT2D eigenvalue weighted by atomic mass is 35.5. The molecule has 3 aromatic carbocycles. The molecule has 0 aliphatic rings. The molecule has 4 rings (SSSR count). The molecule has 0 fully saturated rings. The van der Waals surface area contributed by atoms with Crippen molar-refractivity contribution in [1.82, 2.24) is 15.3 Å². The highest BCUT2D eigenvalue weighted by molar-refractivity contribution is 6.35. The zero-order valence-corrected chi connectivity index (χ0v) is 23.7. The predicted molar refractivity (Wildman–Crippen MR) is 155 cm³/mol. The topological polar surface area (TPSA) is 104 Å². The van der Waals surface area contributed by atoms with Gasteiger partial charge in [-0.1, -0.05) is 53.5 Å². The van der Waals surface area contributed by atoms with Crippen LogP contribution in [0.1, 0.15) is 15.9 Å². The normalized spacial score (nSPS) is 10.5. The molecule has 40 heavy (non-hydrogen) atoms. The summed E-state index contributed by atoms with van der Waals surface area (Å²) in [4.78, 5) is 22.3. The van der Waals surface area contributed by atoms with Crippen LogP contribution in [-0.4, -0.2) is 50.4 Å². The number of hydrogen-bond donors (Lipinski definition) is 2. The third-order valence-electron chi connectivity index (χ3n) is 5.80. The molecule has 0 unspecified atom stereocenters. The number of halogens is 2. The quantitative estimate of drug-likeness (QED) is 0.199. The van der Waals surface area contributed by atoms with E-state index in [4.69, 9.17) is 42.1 Å². The summed E-state index contributed by atoms with van der Waals surface area (Å²) >= 11 is 12.9. The number of amides is 1.